The van der Waals surface area contributed by atoms with Crippen molar-refractivity contribution in [2.45, 2.75) is 65.2 Å². The van der Waals surface area contributed by atoms with Crippen LogP contribution in [0.3, 0.4) is 0 Å². The molecule has 0 saturated heterocycles. The summed E-state index contributed by atoms with van der Waals surface area (Å²) in [7, 11) is 0. The number of carbonyl (C=O) groups is 2. The number of benzene rings is 1. The van der Waals surface area contributed by atoms with Crippen LogP contribution in [0.5, 0.6) is 0 Å². The topological polar surface area (TPSA) is 49.9 Å². The first-order chi connectivity index (χ1) is 11.7. The summed E-state index contributed by atoms with van der Waals surface area (Å²) < 4.78 is 0. The van der Waals surface area contributed by atoms with E-state index < -0.39 is 0 Å². The molecule has 0 amide bonds. The molecule has 25 heavy (non-hydrogen) atoms. The minimum absolute atomic E-state index is 0.0136. The molecule has 3 rings (SSSR count). The Morgan fingerprint density at radius 1 is 1.24 bits per heavy atom. The second kappa shape index (κ2) is 6.29. The van der Waals surface area contributed by atoms with Crippen molar-refractivity contribution in [3.63, 3.8) is 0 Å². The molecule has 1 atom stereocenters. The molecule has 0 spiro atoms. The minimum Gasteiger partial charge on any atom is -0.358 e. The highest BCUT2D eigenvalue weighted by molar-refractivity contribution is 5.98. The lowest BCUT2D eigenvalue weighted by Gasteiger charge is -2.36. The largest absolute Gasteiger partial charge is 0.358 e. The van der Waals surface area contributed by atoms with E-state index in [-0.39, 0.29) is 22.9 Å². The quantitative estimate of drug-likeness (QED) is 0.767. The van der Waals surface area contributed by atoms with Gasteiger partial charge < -0.3 is 4.98 Å². The van der Waals surface area contributed by atoms with Gasteiger partial charge in [0.2, 0.25) is 0 Å². The summed E-state index contributed by atoms with van der Waals surface area (Å²) in [6.07, 6.45) is 2.44. The van der Waals surface area contributed by atoms with Gasteiger partial charge in [-0.3, -0.25) is 9.59 Å². The molecule has 0 saturated carbocycles. The predicted molar refractivity (Wildman–Crippen MR) is 101 cm³/mol. The molecular weight excluding hydrogens is 310 g/mol. The minimum atomic E-state index is 0.0136. The normalized spacial score (nSPS) is 18.7. The van der Waals surface area contributed by atoms with E-state index in [1.807, 2.05) is 19.9 Å². The summed E-state index contributed by atoms with van der Waals surface area (Å²) in [5.74, 6) is 0.422. The second-order valence-corrected chi connectivity index (χ2v) is 7.89. The van der Waals surface area contributed by atoms with Gasteiger partial charge in [-0.2, -0.15) is 0 Å². The molecule has 1 aliphatic rings. The zero-order chi connectivity index (χ0) is 18.4. The van der Waals surface area contributed by atoms with Crippen LogP contribution < -0.4 is 0 Å². The molecule has 1 heterocycles. The van der Waals surface area contributed by atoms with Crippen molar-refractivity contribution in [2.75, 3.05) is 0 Å². The van der Waals surface area contributed by atoms with Gasteiger partial charge in [0.15, 0.2) is 5.78 Å². The smallest absolute Gasteiger partial charge is 0.164 e. The van der Waals surface area contributed by atoms with Crippen LogP contribution in [-0.4, -0.2) is 16.6 Å². The number of H-pyrrole nitrogens is 1. The van der Waals surface area contributed by atoms with Crippen molar-refractivity contribution in [1.29, 1.82) is 0 Å². The van der Waals surface area contributed by atoms with Gasteiger partial charge in [-0.25, -0.2) is 0 Å². The lowest BCUT2D eigenvalue weighted by Crippen LogP contribution is -2.28. The average Bonchev–Trinajstić information content (AvgIpc) is 2.95. The Bertz CT molecular complexity index is 842. The van der Waals surface area contributed by atoms with Crippen LogP contribution in [0.2, 0.25) is 0 Å². The molecule has 1 unspecified atom stereocenters. The zero-order valence-corrected chi connectivity index (χ0v) is 15.8. The number of aryl methyl sites for hydroxylation is 1. The van der Waals surface area contributed by atoms with E-state index in [9.17, 15) is 9.59 Å². The molecule has 3 nitrogen and oxygen atoms in total. The van der Waals surface area contributed by atoms with Crippen molar-refractivity contribution in [3.8, 4) is 11.3 Å². The molecule has 0 bridgehead atoms. The zero-order valence-electron chi connectivity index (χ0n) is 15.8. The second-order valence-electron chi connectivity index (χ2n) is 7.89. The number of hydrogen-bond acceptors (Lipinski definition) is 2. The van der Waals surface area contributed by atoms with Crippen molar-refractivity contribution < 1.29 is 9.59 Å². The average molecular weight is 337 g/mol. The first-order valence-corrected chi connectivity index (χ1v) is 9.12. The molecule has 0 radical (unpaired) electrons. The Morgan fingerprint density at radius 2 is 1.96 bits per heavy atom. The summed E-state index contributed by atoms with van der Waals surface area (Å²) in [5, 5.41) is 0. The number of Topliss-reactive ketones (excluding diaryl/α,β-unsaturated/α-hetero) is 2. The highest BCUT2D eigenvalue weighted by Gasteiger charge is 2.34. The van der Waals surface area contributed by atoms with E-state index in [0.29, 0.717) is 6.42 Å². The number of hydrogen-bond donors (Lipinski definition) is 1. The van der Waals surface area contributed by atoms with Gasteiger partial charge >= 0.3 is 0 Å². The highest BCUT2D eigenvalue weighted by atomic mass is 16.1. The third-order valence-electron chi connectivity index (χ3n) is 5.65. The fourth-order valence-corrected chi connectivity index (χ4v) is 4.02. The number of fused-ring (bicyclic) bond motifs is 1. The van der Waals surface area contributed by atoms with Crippen molar-refractivity contribution in [3.05, 3.63) is 46.6 Å². The first-order valence-electron chi connectivity index (χ1n) is 9.12. The van der Waals surface area contributed by atoms with Crippen molar-refractivity contribution in [2.24, 2.45) is 0 Å². The number of aromatic amines is 1. The number of aromatic nitrogens is 1. The molecular formula is C22H27NO2. The first kappa shape index (κ1) is 17.7. The maximum Gasteiger partial charge on any atom is 0.164 e. The molecule has 1 N–H and O–H groups in total. The molecule has 0 fully saturated rings. The SMILES string of the molecule is CCC(=O)c1cc(-c2ccc3c(c2)C(C)(C)CCC3C(C)=O)[nH]c1C. The van der Waals surface area contributed by atoms with Crippen LogP contribution in [0.15, 0.2) is 24.3 Å². The summed E-state index contributed by atoms with van der Waals surface area (Å²) in [4.78, 5) is 27.5. The van der Waals surface area contributed by atoms with E-state index in [4.69, 9.17) is 0 Å². The predicted octanol–water partition coefficient (Wildman–Crippen LogP) is 5.33. The van der Waals surface area contributed by atoms with Crippen LogP contribution in [0, 0.1) is 6.92 Å². The lowest BCUT2D eigenvalue weighted by atomic mass is 9.67. The van der Waals surface area contributed by atoms with E-state index in [1.54, 1.807) is 6.92 Å². The van der Waals surface area contributed by atoms with Gasteiger partial charge in [0, 0.05) is 29.3 Å². The van der Waals surface area contributed by atoms with Gasteiger partial charge in [-0.15, -0.1) is 0 Å². The standard InChI is InChI=1S/C22H27NO2/c1-6-21(25)18-12-20(23-13(18)2)15-7-8-17-16(14(3)24)9-10-22(4,5)19(17)11-15/h7-8,11-12,16,23H,6,9-10H2,1-5H3. The van der Waals surface area contributed by atoms with Crippen LogP contribution >= 0.6 is 0 Å². The molecule has 132 valence electrons. The molecule has 1 aromatic carbocycles. The summed E-state index contributed by atoms with van der Waals surface area (Å²) >= 11 is 0. The van der Waals surface area contributed by atoms with E-state index in [2.05, 4.69) is 37.0 Å². The Kier molecular flexibility index (Phi) is 4.44. The van der Waals surface area contributed by atoms with Crippen LogP contribution in [-0.2, 0) is 10.2 Å². The molecule has 2 aromatic rings. The van der Waals surface area contributed by atoms with Gasteiger partial charge in [-0.1, -0.05) is 32.9 Å². The number of carbonyl (C=O) groups excluding carboxylic acids is 2. The third-order valence-corrected chi connectivity index (χ3v) is 5.65. The van der Waals surface area contributed by atoms with E-state index >= 15 is 0 Å². The molecule has 0 aliphatic heterocycles. The van der Waals surface area contributed by atoms with Gasteiger partial charge in [0.25, 0.3) is 0 Å². The third kappa shape index (κ3) is 3.08. The Labute approximate surface area is 149 Å². The monoisotopic (exact) mass is 337 g/mol. The maximum absolute atomic E-state index is 12.1. The van der Waals surface area contributed by atoms with Crippen molar-refractivity contribution >= 4 is 11.6 Å². The van der Waals surface area contributed by atoms with Crippen molar-refractivity contribution in [1.82, 2.24) is 4.98 Å². The molecule has 1 aromatic heterocycles. The fourth-order valence-electron chi connectivity index (χ4n) is 4.02. The van der Waals surface area contributed by atoms with Crippen LogP contribution in [0.25, 0.3) is 11.3 Å². The Hall–Kier alpha value is -2.16. The van der Waals surface area contributed by atoms with Gasteiger partial charge in [0.1, 0.15) is 5.78 Å². The number of nitrogens with one attached hydrogen (secondary N) is 1. The van der Waals surface area contributed by atoms with Gasteiger partial charge in [0.05, 0.1) is 0 Å². The Balaban J connectivity index is 2.09. The fraction of sp³-hybridized carbons (Fsp3) is 0.455. The van der Waals surface area contributed by atoms with E-state index in [0.717, 1.165) is 35.4 Å². The van der Waals surface area contributed by atoms with Crippen LogP contribution in [0.4, 0.5) is 0 Å². The number of ketones is 2. The summed E-state index contributed by atoms with van der Waals surface area (Å²) in [6.45, 7) is 10.0. The van der Waals surface area contributed by atoms with Gasteiger partial charge in [-0.05, 0) is 60.9 Å². The number of rotatable bonds is 4. The maximum atomic E-state index is 12.1. The van der Waals surface area contributed by atoms with E-state index in [1.165, 1.54) is 11.1 Å². The summed E-state index contributed by atoms with van der Waals surface area (Å²) in [6, 6.07) is 8.34. The molecule has 3 heteroatoms. The highest BCUT2D eigenvalue weighted by Crippen LogP contribution is 2.44. The lowest BCUT2D eigenvalue weighted by molar-refractivity contribution is -0.118. The van der Waals surface area contributed by atoms with Crippen LogP contribution in [0.1, 0.15) is 80.1 Å². The summed E-state index contributed by atoms with van der Waals surface area (Å²) in [5.41, 5.74) is 6.22. The Morgan fingerprint density at radius 3 is 2.60 bits per heavy atom. The molecule has 1 aliphatic carbocycles.